The van der Waals surface area contributed by atoms with Gasteiger partial charge in [0.25, 0.3) is 0 Å². The van der Waals surface area contributed by atoms with E-state index in [2.05, 4.69) is 11.4 Å². The van der Waals surface area contributed by atoms with E-state index in [1.165, 1.54) is 12.1 Å². The highest BCUT2D eigenvalue weighted by Crippen LogP contribution is 2.32. The van der Waals surface area contributed by atoms with Gasteiger partial charge in [0, 0.05) is 0 Å². The molecule has 1 amide bonds. The minimum atomic E-state index is -0.393. The zero-order valence-electron chi connectivity index (χ0n) is 9.32. The Morgan fingerprint density at radius 3 is 2.94 bits per heavy atom. The van der Waals surface area contributed by atoms with Crippen molar-refractivity contribution in [3.63, 3.8) is 0 Å². The average Bonchev–Trinajstić information content (AvgIpc) is 3.09. The van der Waals surface area contributed by atoms with Gasteiger partial charge in [-0.05, 0) is 36.5 Å². The first kappa shape index (κ1) is 11.6. The zero-order valence-corrected chi connectivity index (χ0v) is 9.32. The first-order valence-electron chi connectivity index (χ1n) is 5.62. The molecule has 0 aliphatic heterocycles. The third-order valence-electron chi connectivity index (χ3n) is 2.80. The van der Waals surface area contributed by atoms with Crippen LogP contribution in [0.1, 0.15) is 18.4 Å². The molecule has 1 aromatic rings. The molecule has 88 valence electrons. The number of nitrogens with one attached hydrogen (secondary N) is 1. The van der Waals surface area contributed by atoms with Crippen molar-refractivity contribution < 1.29 is 9.18 Å². The highest BCUT2D eigenvalue weighted by molar-refractivity contribution is 5.79. The molecule has 0 aromatic heterocycles. The second-order valence-electron chi connectivity index (χ2n) is 4.32. The van der Waals surface area contributed by atoms with E-state index < -0.39 is 6.04 Å². The third kappa shape index (κ3) is 3.28. The van der Waals surface area contributed by atoms with Crippen LogP contribution in [0.15, 0.2) is 24.3 Å². The lowest BCUT2D eigenvalue weighted by Crippen LogP contribution is -2.36. The predicted octanol–water partition coefficient (Wildman–Crippen LogP) is 1.79. The summed E-state index contributed by atoms with van der Waals surface area (Å²) in [6.07, 6.45) is 2.11. The third-order valence-corrected chi connectivity index (χ3v) is 2.80. The molecular formula is C13H13FN2O. The number of carbonyl (C=O) groups excluding carboxylic acids is 1. The van der Waals surface area contributed by atoms with Gasteiger partial charge in [-0.25, -0.2) is 4.39 Å². The molecule has 0 spiro atoms. The molecule has 17 heavy (non-hydrogen) atoms. The maximum absolute atomic E-state index is 12.9. The van der Waals surface area contributed by atoms with Gasteiger partial charge in [0.05, 0.1) is 12.5 Å². The standard InChI is InChI=1S/C13H13FN2O/c14-11-3-1-2-9(6-11)7-13(17)16-12(8-15)10-4-5-10/h1-3,6,10,12H,4-5,7H2,(H,16,17). The number of carbonyl (C=O) groups is 1. The van der Waals surface area contributed by atoms with Crippen LogP contribution in [0.25, 0.3) is 0 Å². The fourth-order valence-electron chi connectivity index (χ4n) is 1.74. The highest BCUT2D eigenvalue weighted by Gasteiger charge is 2.32. The Morgan fingerprint density at radius 1 is 1.59 bits per heavy atom. The van der Waals surface area contributed by atoms with Crippen LogP contribution in [-0.2, 0) is 11.2 Å². The van der Waals surface area contributed by atoms with Gasteiger partial charge in [0.2, 0.25) is 5.91 Å². The summed E-state index contributed by atoms with van der Waals surface area (Å²) in [6, 6.07) is 7.63. The Kier molecular flexibility index (Phi) is 3.38. The number of nitrogens with zero attached hydrogens (tertiary/aromatic N) is 1. The minimum Gasteiger partial charge on any atom is -0.340 e. The molecular weight excluding hydrogens is 219 g/mol. The van der Waals surface area contributed by atoms with Gasteiger partial charge < -0.3 is 5.32 Å². The van der Waals surface area contributed by atoms with E-state index in [-0.39, 0.29) is 18.1 Å². The molecule has 1 aliphatic rings. The number of amides is 1. The van der Waals surface area contributed by atoms with E-state index >= 15 is 0 Å². The molecule has 0 bridgehead atoms. The summed E-state index contributed by atoms with van der Waals surface area (Å²) in [5.41, 5.74) is 0.620. The van der Waals surface area contributed by atoms with Crippen LogP contribution in [0.4, 0.5) is 4.39 Å². The number of benzene rings is 1. The first-order chi connectivity index (χ1) is 8.19. The Labute approximate surface area is 99.2 Å². The van der Waals surface area contributed by atoms with Crippen molar-refractivity contribution in [1.29, 1.82) is 5.26 Å². The lowest BCUT2D eigenvalue weighted by atomic mass is 10.1. The number of hydrogen-bond donors (Lipinski definition) is 1. The van der Waals surface area contributed by atoms with E-state index in [1.54, 1.807) is 12.1 Å². The van der Waals surface area contributed by atoms with Gasteiger partial charge in [-0.15, -0.1) is 0 Å². The number of halogens is 1. The maximum atomic E-state index is 12.9. The number of hydrogen-bond acceptors (Lipinski definition) is 2. The maximum Gasteiger partial charge on any atom is 0.225 e. The Hall–Kier alpha value is -1.89. The van der Waals surface area contributed by atoms with Gasteiger partial charge in [-0.2, -0.15) is 5.26 Å². The summed E-state index contributed by atoms with van der Waals surface area (Å²) in [5, 5.41) is 11.5. The Balaban J connectivity index is 1.90. The van der Waals surface area contributed by atoms with Crippen molar-refractivity contribution >= 4 is 5.91 Å². The molecule has 1 atom stereocenters. The predicted molar refractivity (Wildman–Crippen MR) is 60.4 cm³/mol. The largest absolute Gasteiger partial charge is 0.340 e. The molecule has 1 unspecified atom stereocenters. The van der Waals surface area contributed by atoms with Crippen LogP contribution in [0, 0.1) is 23.1 Å². The molecule has 4 heteroatoms. The zero-order chi connectivity index (χ0) is 12.3. The molecule has 3 nitrogen and oxygen atoms in total. The monoisotopic (exact) mass is 232 g/mol. The van der Waals surface area contributed by atoms with Crippen LogP contribution in [-0.4, -0.2) is 11.9 Å². The molecule has 1 N–H and O–H groups in total. The van der Waals surface area contributed by atoms with Gasteiger partial charge >= 0.3 is 0 Å². The van der Waals surface area contributed by atoms with Crippen LogP contribution in [0.3, 0.4) is 0 Å². The van der Waals surface area contributed by atoms with Crippen molar-refractivity contribution in [3.05, 3.63) is 35.6 Å². The quantitative estimate of drug-likeness (QED) is 0.860. The summed E-state index contributed by atoms with van der Waals surface area (Å²) < 4.78 is 12.9. The van der Waals surface area contributed by atoms with E-state index in [0.29, 0.717) is 11.5 Å². The fourth-order valence-corrected chi connectivity index (χ4v) is 1.74. The molecule has 1 aromatic carbocycles. The smallest absolute Gasteiger partial charge is 0.225 e. The highest BCUT2D eigenvalue weighted by atomic mass is 19.1. The van der Waals surface area contributed by atoms with Crippen LogP contribution in [0.5, 0.6) is 0 Å². The molecule has 2 rings (SSSR count). The summed E-state index contributed by atoms with van der Waals surface area (Å²) in [5.74, 6) is -0.278. The van der Waals surface area contributed by atoms with Crippen molar-refractivity contribution in [1.82, 2.24) is 5.32 Å². The second-order valence-corrected chi connectivity index (χ2v) is 4.32. The molecule has 1 fully saturated rings. The molecule has 1 aliphatic carbocycles. The Bertz CT molecular complexity index is 463. The number of rotatable bonds is 4. The van der Waals surface area contributed by atoms with Crippen molar-refractivity contribution in [2.75, 3.05) is 0 Å². The first-order valence-corrected chi connectivity index (χ1v) is 5.62. The number of nitriles is 1. The molecule has 0 saturated heterocycles. The summed E-state index contributed by atoms with van der Waals surface area (Å²) in [4.78, 5) is 11.6. The summed E-state index contributed by atoms with van der Waals surface area (Å²) >= 11 is 0. The Morgan fingerprint density at radius 2 is 2.35 bits per heavy atom. The topological polar surface area (TPSA) is 52.9 Å². The van der Waals surface area contributed by atoms with Crippen molar-refractivity contribution in [2.24, 2.45) is 5.92 Å². The second kappa shape index (κ2) is 4.96. The van der Waals surface area contributed by atoms with Gasteiger partial charge in [-0.1, -0.05) is 12.1 Å². The van der Waals surface area contributed by atoms with Crippen molar-refractivity contribution in [3.8, 4) is 6.07 Å². The summed E-state index contributed by atoms with van der Waals surface area (Å²) in [6.45, 7) is 0. The van der Waals surface area contributed by atoms with Crippen molar-refractivity contribution in [2.45, 2.75) is 25.3 Å². The van der Waals surface area contributed by atoms with Crippen LogP contribution < -0.4 is 5.32 Å². The van der Waals surface area contributed by atoms with Crippen LogP contribution >= 0.6 is 0 Å². The van der Waals surface area contributed by atoms with E-state index in [9.17, 15) is 9.18 Å². The lowest BCUT2D eigenvalue weighted by Gasteiger charge is -2.10. The minimum absolute atomic E-state index is 0.114. The molecule has 0 radical (unpaired) electrons. The average molecular weight is 232 g/mol. The molecule has 1 saturated carbocycles. The fraction of sp³-hybridized carbons (Fsp3) is 0.385. The summed E-state index contributed by atoms with van der Waals surface area (Å²) in [7, 11) is 0. The SMILES string of the molecule is N#CC(NC(=O)Cc1cccc(F)c1)C1CC1. The van der Waals surface area contributed by atoms with Gasteiger partial charge in [0.1, 0.15) is 11.9 Å². The van der Waals surface area contributed by atoms with E-state index in [0.717, 1.165) is 12.8 Å². The van der Waals surface area contributed by atoms with Gasteiger partial charge in [0.15, 0.2) is 0 Å². The molecule has 0 heterocycles. The normalized spacial score (nSPS) is 16.0. The van der Waals surface area contributed by atoms with E-state index in [4.69, 9.17) is 5.26 Å². The van der Waals surface area contributed by atoms with Crippen LogP contribution in [0.2, 0.25) is 0 Å². The lowest BCUT2D eigenvalue weighted by molar-refractivity contribution is -0.120. The van der Waals surface area contributed by atoms with E-state index in [1.807, 2.05) is 0 Å². The van der Waals surface area contributed by atoms with Gasteiger partial charge in [-0.3, -0.25) is 4.79 Å².